The number of carbonyl (C=O) groups is 1. The number of aliphatic imine (C=N–C) groups is 2. The third-order valence-electron chi connectivity index (χ3n) is 1.17. The minimum Gasteiger partial charge on any atom is -0.480 e. The molecule has 0 saturated carbocycles. The molecule has 0 saturated heterocycles. The Kier molecular flexibility index (Phi) is 3.06. The van der Waals surface area contributed by atoms with E-state index in [-0.39, 0.29) is 0 Å². The summed E-state index contributed by atoms with van der Waals surface area (Å²) in [5, 5.41) is 8.99. The molecule has 1 atom stereocenters. The zero-order valence-corrected chi connectivity index (χ0v) is 6.91. The van der Waals surface area contributed by atoms with Crippen LogP contribution >= 0.6 is 11.8 Å². The average molecular weight is 188 g/mol. The zero-order valence-electron chi connectivity index (χ0n) is 6.10. The average Bonchev–Trinajstić information content (AvgIpc) is 2.48. The fourth-order valence-electron chi connectivity index (χ4n) is 0.651. The molecule has 0 amide bonds. The van der Waals surface area contributed by atoms with Gasteiger partial charge in [0.2, 0.25) is 0 Å². The van der Waals surface area contributed by atoms with Gasteiger partial charge in [0, 0.05) is 5.75 Å². The van der Waals surface area contributed by atoms with Crippen molar-refractivity contribution in [3.63, 3.8) is 0 Å². The van der Waals surface area contributed by atoms with Gasteiger partial charge >= 0.3 is 5.97 Å². The second kappa shape index (κ2) is 4.07. The van der Waals surface area contributed by atoms with Crippen molar-refractivity contribution in [3.8, 4) is 0 Å². The van der Waals surface area contributed by atoms with Gasteiger partial charge in [-0.1, -0.05) is 11.8 Å². The molecule has 1 heterocycles. The van der Waals surface area contributed by atoms with Gasteiger partial charge in [-0.25, -0.2) is 20.6 Å². The Hall–Kier alpha value is -1.08. The first-order valence-electron chi connectivity index (χ1n) is 3.16. The molecule has 0 fully saturated rings. The van der Waals surface area contributed by atoms with Crippen molar-refractivity contribution in [1.29, 1.82) is 0 Å². The van der Waals surface area contributed by atoms with Crippen molar-refractivity contribution in [3.05, 3.63) is 0 Å². The number of aliphatic carboxylic acids is 1. The number of nitrogens with two attached hydrogens (primary N) is 1. The molecule has 0 aromatic heterocycles. The Balaban J connectivity index is 2.54. The minimum absolute atomic E-state index is 0.437. The summed E-state index contributed by atoms with van der Waals surface area (Å²) in [4.78, 5) is 18.0. The molecular formula is C5H8N4O2S. The van der Waals surface area contributed by atoms with Crippen LogP contribution in [-0.2, 0) is 4.79 Å². The van der Waals surface area contributed by atoms with Crippen LogP contribution in [0.1, 0.15) is 0 Å². The highest BCUT2D eigenvalue weighted by molar-refractivity contribution is 8.14. The fourth-order valence-corrected chi connectivity index (χ4v) is 1.50. The Labute approximate surface area is 72.9 Å². The molecule has 1 aliphatic heterocycles. The van der Waals surface area contributed by atoms with Gasteiger partial charge < -0.3 is 10.5 Å². The lowest BCUT2D eigenvalue weighted by atomic mass is 10.4. The maximum absolute atomic E-state index is 10.4. The van der Waals surface area contributed by atoms with Crippen molar-refractivity contribution < 1.29 is 9.90 Å². The normalized spacial score (nSPS) is 22.8. The number of carboxylic acid groups (broad SMARTS) is 1. The van der Waals surface area contributed by atoms with E-state index in [4.69, 9.17) is 10.9 Å². The van der Waals surface area contributed by atoms with E-state index in [1.54, 1.807) is 0 Å². The number of nitrogens with one attached hydrogen (secondary N) is 1. The van der Waals surface area contributed by atoms with Crippen molar-refractivity contribution in [2.45, 2.75) is 6.04 Å². The van der Waals surface area contributed by atoms with E-state index in [0.29, 0.717) is 10.9 Å². The topological polar surface area (TPSA) is 100 Å². The van der Waals surface area contributed by atoms with Crippen molar-refractivity contribution >= 4 is 29.2 Å². The molecule has 66 valence electrons. The van der Waals surface area contributed by atoms with Crippen molar-refractivity contribution in [1.82, 2.24) is 5.43 Å². The van der Waals surface area contributed by atoms with Gasteiger partial charge in [-0.15, -0.1) is 0 Å². The molecule has 1 rings (SSSR count). The first kappa shape index (κ1) is 9.01. The Morgan fingerprint density at radius 1 is 2.00 bits per heavy atom. The van der Waals surface area contributed by atoms with E-state index in [2.05, 4.69) is 15.4 Å². The van der Waals surface area contributed by atoms with Crippen LogP contribution in [0.15, 0.2) is 9.98 Å². The Bertz CT molecular complexity index is 240. The van der Waals surface area contributed by atoms with Gasteiger partial charge in [-0.05, 0) is 0 Å². The summed E-state index contributed by atoms with van der Waals surface area (Å²) in [5.74, 6) is 4.44. The van der Waals surface area contributed by atoms with Gasteiger partial charge in [0.25, 0.3) is 0 Å². The summed E-state index contributed by atoms with van der Waals surface area (Å²) < 4.78 is 0. The van der Waals surface area contributed by atoms with Crippen LogP contribution in [0.25, 0.3) is 0 Å². The van der Waals surface area contributed by atoms with E-state index in [1.807, 2.05) is 0 Å². The van der Waals surface area contributed by atoms with Gasteiger partial charge in [-0.3, -0.25) is 0 Å². The molecule has 0 radical (unpaired) electrons. The molecule has 1 unspecified atom stereocenters. The molecule has 7 heteroatoms. The summed E-state index contributed by atoms with van der Waals surface area (Å²) in [6.45, 7) is 0. The van der Waals surface area contributed by atoms with Crippen LogP contribution in [0.5, 0.6) is 0 Å². The Morgan fingerprint density at radius 3 is 3.25 bits per heavy atom. The number of hydrazine groups is 1. The lowest BCUT2D eigenvalue weighted by Crippen LogP contribution is -2.19. The minimum atomic E-state index is -0.923. The monoisotopic (exact) mass is 188 g/mol. The van der Waals surface area contributed by atoms with E-state index < -0.39 is 12.0 Å². The molecule has 0 spiro atoms. The molecular weight excluding hydrogens is 180 g/mol. The van der Waals surface area contributed by atoms with Crippen LogP contribution in [-0.4, -0.2) is 34.4 Å². The number of nitrogens with zero attached hydrogens (tertiary/aromatic N) is 2. The maximum atomic E-state index is 10.4. The van der Waals surface area contributed by atoms with Crippen molar-refractivity contribution in [2.75, 3.05) is 5.75 Å². The first-order valence-corrected chi connectivity index (χ1v) is 4.14. The molecule has 1 aliphatic rings. The molecule has 12 heavy (non-hydrogen) atoms. The van der Waals surface area contributed by atoms with Crippen LogP contribution in [0, 0.1) is 0 Å². The quantitative estimate of drug-likeness (QED) is 0.224. The van der Waals surface area contributed by atoms with Gasteiger partial charge in [0.1, 0.15) is 6.34 Å². The SMILES string of the molecule is NNC=NC1=NC(C(=O)O)CS1. The highest BCUT2D eigenvalue weighted by Gasteiger charge is 2.23. The summed E-state index contributed by atoms with van der Waals surface area (Å²) >= 11 is 1.29. The molecule has 4 N–H and O–H groups in total. The van der Waals surface area contributed by atoms with Crippen LogP contribution < -0.4 is 11.3 Å². The molecule has 6 nitrogen and oxygen atoms in total. The summed E-state index contributed by atoms with van der Waals surface area (Å²) in [5.41, 5.74) is 2.21. The third kappa shape index (κ3) is 2.21. The standard InChI is InChI=1S/C5H8N4O2S/c6-8-2-7-5-9-3(1-12-5)4(10)11/h2-3H,1,6H2,(H,10,11)(H,7,8,9). The summed E-state index contributed by atoms with van der Waals surface area (Å²) in [6.07, 6.45) is 1.26. The van der Waals surface area contributed by atoms with E-state index >= 15 is 0 Å². The lowest BCUT2D eigenvalue weighted by molar-refractivity contribution is -0.137. The van der Waals surface area contributed by atoms with Crippen LogP contribution in [0.3, 0.4) is 0 Å². The molecule has 0 aromatic rings. The largest absolute Gasteiger partial charge is 0.480 e. The van der Waals surface area contributed by atoms with E-state index in [0.717, 1.165) is 0 Å². The second-order valence-electron chi connectivity index (χ2n) is 2.00. The smallest absolute Gasteiger partial charge is 0.329 e. The number of hydrogen-bond acceptors (Lipinski definition) is 5. The van der Waals surface area contributed by atoms with E-state index in [9.17, 15) is 4.79 Å². The number of carboxylic acids is 1. The third-order valence-corrected chi connectivity index (χ3v) is 2.12. The van der Waals surface area contributed by atoms with Gasteiger partial charge in [0.15, 0.2) is 11.2 Å². The first-order chi connectivity index (χ1) is 5.74. The van der Waals surface area contributed by atoms with Crippen LogP contribution in [0.2, 0.25) is 0 Å². The second-order valence-corrected chi connectivity index (χ2v) is 2.99. The lowest BCUT2D eigenvalue weighted by Gasteiger charge is -1.93. The van der Waals surface area contributed by atoms with Gasteiger partial charge in [-0.2, -0.15) is 0 Å². The highest BCUT2D eigenvalue weighted by Crippen LogP contribution is 2.18. The highest BCUT2D eigenvalue weighted by atomic mass is 32.2. The van der Waals surface area contributed by atoms with Gasteiger partial charge in [0.05, 0.1) is 0 Å². The Morgan fingerprint density at radius 2 is 2.75 bits per heavy atom. The predicted octanol–water partition coefficient (Wildman–Crippen LogP) is -0.966. The summed E-state index contributed by atoms with van der Waals surface area (Å²) in [7, 11) is 0. The summed E-state index contributed by atoms with van der Waals surface area (Å²) in [6, 6.07) is -0.667. The number of hydrogen-bond donors (Lipinski definition) is 3. The zero-order chi connectivity index (χ0) is 8.97. The predicted molar refractivity (Wildman–Crippen MR) is 47.1 cm³/mol. The molecule has 0 aromatic carbocycles. The van der Waals surface area contributed by atoms with E-state index in [1.165, 1.54) is 18.1 Å². The number of thioether (sulfide) groups is 1. The number of amidine groups is 1. The number of rotatable bonds is 2. The maximum Gasteiger partial charge on any atom is 0.329 e. The van der Waals surface area contributed by atoms with Crippen LogP contribution in [0.4, 0.5) is 0 Å². The molecule has 0 bridgehead atoms. The fraction of sp³-hybridized carbons (Fsp3) is 0.400. The molecule has 0 aliphatic carbocycles. The van der Waals surface area contributed by atoms with Crippen molar-refractivity contribution in [2.24, 2.45) is 15.8 Å².